The molecule has 2 N–H and O–H groups in total. The van der Waals surface area contributed by atoms with Crippen molar-refractivity contribution in [3.05, 3.63) is 12.4 Å². The molecule has 0 saturated carbocycles. The fourth-order valence-electron chi connectivity index (χ4n) is 1.51. The highest BCUT2D eigenvalue weighted by Gasteiger charge is 2.15. The van der Waals surface area contributed by atoms with Crippen molar-refractivity contribution in [1.29, 1.82) is 0 Å². The van der Waals surface area contributed by atoms with Gasteiger partial charge in [0.25, 0.3) is 0 Å². The molecular weight excluding hydrogens is 268 g/mol. The van der Waals surface area contributed by atoms with Crippen molar-refractivity contribution in [3.63, 3.8) is 0 Å². The molecular formula is C11H22N4O3S. The van der Waals surface area contributed by atoms with Crippen LogP contribution in [0.3, 0.4) is 0 Å². The summed E-state index contributed by atoms with van der Waals surface area (Å²) in [5.74, 6) is 0. The van der Waals surface area contributed by atoms with Gasteiger partial charge < -0.3 is 10.1 Å². The average molecular weight is 290 g/mol. The zero-order valence-corrected chi connectivity index (χ0v) is 12.2. The van der Waals surface area contributed by atoms with Crippen LogP contribution in [0.15, 0.2) is 17.3 Å². The molecule has 0 aliphatic rings. The zero-order valence-electron chi connectivity index (χ0n) is 11.4. The van der Waals surface area contributed by atoms with Crippen molar-refractivity contribution >= 4 is 10.0 Å². The maximum atomic E-state index is 11.9. The highest BCUT2D eigenvalue weighted by Crippen LogP contribution is 2.06. The van der Waals surface area contributed by atoms with E-state index >= 15 is 0 Å². The molecule has 1 heterocycles. The van der Waals surface area contributed by atoms with Gasteiger partial charge in [0.1, 0.15) is 4.90 Å². The van der Waals surface area contributed by atoms with Crippen molar-refractivity contribution in [2.75, 3.05) is 33.4 Å². The lowest BCUT2D eigenvalue weighted by Crippen LogP contribution is -2.26. The predicted molar refractivity (Wildman–Crippen MR) is 72.5 cm³/mol. The van der Waals surface area contributed by atoms with Crippen molar-refractivity contribution in [1.82, 2.24) is 19.8 Å². The van der Waals surface area contributed by atoms with Gasteiger partial charge in [0.05, 0.1) is 12.8 Å². The van der Waals surface area contributed by atoms with Gasteiger partial charge in [-0.3, -0.25) is 4.68 Å². The Hall–Kier alpha value is -0.960. The van der Waals surface area contributed by atoms with E-state index in [1.54, 1.807) is 10.9 Å². The smallest absolute Gasteiger partial charge is 0.243 e. The van der Waals surface area contributed by atoms with E-state index in [9.17, 15) is 8.42 Å². The van der Waals surface area contributed by atoms with Crippen LogP contribution in [-0.4, -0.2) is 51.5 Å². The van der Waals surface area contributed by atoms with Crippen LogP contribution in [-0.2, 0) is 21.3 Å². The molecule has 0 spiro atoms. The molecule has 19 heavy (non-hydrogen) atoms. The van der Waals surface area contributed by atoms with E-state index in [1.165, 1.54) is 13.3 Å². The Morgan fingerprint density at radius 2 is 2.21 bits per heavy atom. The molecule has 0 amide bonds. The second-order valence-electron chi connectivity index (χ2n) is 4.04. The highest BCUT2D eigenvalue weighted by molar-refractivity contribution is 7.89. The Balaban J connectivity index is 2.48. The molecule has 110 valence electrons. The molecule has 0 radical (unpaired) electrons. The van der Waals surface area contributed by atoms with Crippen molar-refractivity contribution in [2.45, 2.75) is 24.8 Å². The van der Waals surface area contributed by atoms with E-state index in [1.807, 2.05) is 6.92 Å². The van der Waals surface area contributed by atoms with E-state index in [0.29, 0.717) is 13.2 Å². The summed E-state index contributed by atoms with van der Waals surface area (Å²) in [5, 5.41) is 7.25. The summed E-state index contributed by atoms with van der Waals surface area (Å²) < 4.78 is 32.6. The largest absolute Gasteiger partial charge is 0.383 e. The minimum Gasteiger partial charge on any atom is -0.383 e. The first-order valence-corrected chi connectivity index (χ1v) is 7.80. The summed E-state index contributed by atoms with van der Waals surface area (Å²) in [6.45, 7) is 5.16. The van der Waals surface area contributed by atoms with E-state index in [0.717, 1.165) is 19.5 Å². The van der Waals surface area contributed by atoms with Crippen LogP contribution in [0.5, 0.6) is 0 Å². The minimum atomic E-state index is -3.48. The van der Waals surface area contributed by atoms with Crippen LogP contribution < -0.4 is 10.0 Å². The Kier molecular flexibility index (Phi) is 7.00. The molecule has 0 aromatic carbocycles. The number of hydrogen-bond acceptors (Lipinski definition) is 5. The molecule has 0 fully saturated rings. The van der Waals surface area contributed by atoms with Gasteiger partial charge in [-0.15, -0.1) is 0 Å². The fraction of sp³-hybridized carbons (Fsp3) is 0.727. The molecule has 0 aliphatic heterocycles. The van der Waals surface area contributed by atoms with Gasteiger partial charge in [0.15, 0.2) is 0 Å². The van der Waals surface area contributed by atoms with Crippen LogP contribution >= 0.6 is 0 Å². The van der Waals surface area contributed by atoms with Gasteiger partial charge in [-0.2, -0.15) is 5.10 Å². The van der Waals surface area contributed by atoms with Gasteiger partial charge in [-0.1, -0.05) is 6.92 Å². The number of methoxy groups -OCH3 is 1. The van der Waals surface area contributed by atoms with Gasteiger partial charge in [0, 0.05) is 26.4 Å². The van der Waals surface area contributed by atoms with Crippen LogP contribution in [0.25, 0.3) is 0 Å². The lowest BCUT2D eigenvalue weighted by molar-refractivity contribution is 0.204. The Bertz CT molecular complexity index is 458. The molecule has 0 aliphatic carbocycles. The minimum absolute atomic E-state index is 0.187. The average Bonchev–Trinajstić information content (AvgIpc) is 2.84. The monoisotopic (exact) mass is 290 g/mol. The van der Waals surface area contributed by atoms with E-state index in [2.05, 4.69) is 15.1 Å². The van der Waals surface area contributed by atoms with E-state index < -0.39 is 10.0 Å². The van der Waals surface area contributed by atoms with Crippen molar-refractivity contribution < 1.29 is 13.2 Å². The summed E-state index contributed by atoms with van der Waals surface area (Å²) in [6.07, 6.45) is 3.82. The Morgan fingerprint density at radius 3 is 2.89 bits per heavy atom. The maximum absolute atomic E-state index is 11.9. The predicted octanol–water partition coefficient (Wildman–Crippen LogP) is -0.193. The molecule has 0 bridgehead atoms. The second kappa shape index (κ2) is 8.26. The van der Waals surface area contributed by atoms with Crippen LogP contribution in [0.2, 0.25) is 0 Å². The first kappa shape index (κ1) is 16.1. The molecule has 8 heteroatoms. The first-order chi connectivity index (χ1) is 9.10. The summed E-state index contributed by atoms with van der Waals surface area (Å²) in [5.41, 5.74) is 0. The maximum Gasteiger partial charge on any atom is 0.243 e. The van der Waals surface area contributed by atoms with Crippen LogP contribution in [0, 0.1) is 0 Å². The third-order valence-corrected chi connectivity index (χ3v) is 3.92. The number of nitrogens with zero attached hydrogens (tertiary/aromatic N) is 2. The van der Waals surface area contributed by atoms with Gasteiger partial charge >= 0.3 is 0 Å². The summed E-state index contributed by atoms with van der Waals surface area (Å²) in [4.78, 5) is 0.187. The molecule has 0 unspecified atom stereocenters. The zero-order chi connectivity index (χ0) is 14.1. The number of aromatic nitrogens is 2. The number of aryl methyl sites for hydroxylation is 1. The summed E-state index contributed by atoms with van der Waals surface area (Å²) in [6, 6.07) is 0. The lowest BCUT2D eigenvalue weighted by atomic mass is 10.4. The van der Waals surface area contributed by atoms with Gasteiger partial charge in [-0.05, 0) is 19.5 Å². The van der Waals surface area contributed by atoms with Gasteiger partial charge in [-0.25, -0.2) is 13.1 Å². The van der Waals surface area contributed by atoms with Crippen LogP contribution in [0.1, 0.15) is 13.3 Å². The fourth-order valence-corrected chi connectivity index (χ4v) is 2.48. The molecule has 1 aromatic rings. The highest BCUT2D eigenvalue weighted by atomic mass is 32.2. The van der Waals surface area contributed by atoms with E-state index in [-0.39, 0.29) is 11.4 Å². The van der Waals surface area contributed by atoms with Crippen molar-refractivity contribution in [2.24, 2.45) is 0 Å². The number of nitrogens with one attached hydrogen (secondary N) is 2. The topological polar surface area (TPSA) is 85.2 Å². The number of rotatable bonds is 10. The quantitative estimate of drug-likeness (QED) is 0.583. The second-order valence-corrected chi connectivity index (χ2v) is 5.80. The molecule has 1 rings (SSSR count). The third kappa shape index (κ3) is 5.68. The first-order valence-electron chi connectivity index (χ1n) is 6.32. The molecule has 0 atom stereocenters. The Morgan fingerprint density at radius 1 is 1.42 bits per heavy atom. The SMILES string of the molecule is CCNCCCn1cc(S(=O)(=O)NCCOC)cn1. The number of sulfonamides is 1. The molecule has 1 aromatic heterocycles. The number of hydrogen-bond donors (Lipinski definition) is 2. The number of ether oxygens (including phenoxy) is 1. The standard InChI is InChI=1S/C11H22N4O3S/c1-3-12-5-4-7-15-10-11(9-13-15)19(16,17)14-6-8-18-2/h9-10,12,14H,3-8H2,1-2H3. The summed E-state index contributed by atoms with van der Waals surface area (Å²) in [7, 11) is -1.95. The molecule has 7 nitrogen and oxygen atoms in total. The molecule has 0 saturated heterocycles. The van der Waals surface area contributed by atoms with Crippen molar-refractivity contribution in [3.8, 4) is 0 Å². The van der Waals surface area contributed by atoms with Gasteiger partial charge in [0.2, 0.25) is 10.0 Å². The Labute approximate surface area is 114 Å². The normalized spacial score (nSPS) is 11.9. The van der Waals surface area contributed by atoms with Crippen LogP contribution in [0.4, 0.5) is 0 Å². The van der Waals surface area contributed by atoms with E-state index in [4.69, 9.17) is 4.74 Å². The third-order valence-electron chi connectivity index (χ3n) is 2.51. The lowest BCUT2D eigenvalue weighted by Gasteiger charge is -2.03. The summed E-state index contributed by atoms with van der Waals surface area (Å²) >= 11 is 0.